The Balaban J connectivity index is 2.24. The number of hydrogen-bond donors (Lipinski definition) is 1. The van der Waals surface area contributed by atoms with Crippen molar-refractivity contribution in [3.63, 3.8) is 0 Å². The van der Waals surface area contributed by atoms with Crippen LogP contribution < -0.4 is 0 Å². The van der Waals surface area contributed by atoms with E-state index in [1.165, 1.54) is 12.8 Å². The van der Waals surface area contributed by atoms with Crippen LogP contribution >= 0.6 is 0 Å². The third kappa shape index (κ3) is 4.21. The van der Waals surface area contributed by atoms with Crippen LogP contribution in [0.5, 0.6) is 0 Å². The summed E-state index contributed by atoms with van der Waals surface area (Å²) in [6.45, 7) is 3.80. The second-order valence-corrected chi connectivity index (χ2v) is 4.51. The van der Waals surface area contributed by atoms with Crippen molar-refractivity contribution in [2.45, 2.75) is 45.4 Å². The van der Waals surface area contributed by atoms with E-state index >= 15 is 0 Å². The quantitative estimate of drug-likeness (QED) is 0.780. The Labute approximate surface area is 96.6 Å². The Bertz CT molecular complexity index is 245. The fourth-order valence-corrected chi connectivity index (χ4v) is 2.25. The number of aliphatic carboxylic acids is 1. The maximum absolute atomic E-state index is 11.6. The van der Waals surface area contributed by atoms with Gasteiger partial charge in [0.2, 0.25) is 5.91 Å². The summed E-state index contributed by atoms with van der Waals surface area (Å²) in [6.07, 6.45) is 4.70. The zero-order valence-corrected chi connectivity index (χ0v) is 9.95. The SMILES string of the molecule is CCCC1CCN(C(=O)CCC(=O)O)CC1. The highest BCUT2D eigenvalue weighted by molar-refractivity contribution is 5.80. The van der Waals surface area contributed by atoms with Crippen molar-refractivity contribution < 1.29 is 14.7 Å². The molecule has 4 nitrogen and oxygen atoms in total. The summed E-state index contributed by atoms with van der Waals surface area (Å²) < 4.78 is 0. The van der Waals surface area contributed by atoms with Crippen molar-refractivity contribution >= 4 is 11.9 Å². The van der Waals surface area contributed by atoms with E-state index in [1.54, 1.807) is 0 Å². The van der Waals surface area contributed by atoms with E-state index in [4.69, 9.17) is 5.11 Å². The predicted molar refractivity (Wildman–Crippen MR) is 61.1 cm³/mol. The topological polar surface area (TPSA) is 57.6 Å². The van der Waals surface area contributed by atoms with Crippen LogP contribution in [0.15, 0.2) is 0 Å². The van der Waals surface area contributed by atoms with Crippen molar-refractivity contribution in [2.24, 2.45) is 5.92 Å². The summed E-state index contributed by atoms with van der Waals surface area (Å²) in [4.78, 5) is 23.8. The average molecular weight is 227 g/mol. The van der Waals surface area contributed by atoms with Gasteiger partial charge in [-0.2, -0.15) is 0 Å². The predicted octanol–water partition coefficient (Wildman–Crippen LogP) is 1.89. The van der Waals surface area contributed by atoms with E-state index in [0.29, 0.717) is 0 Å². The first kappa shape index (κ1) is 13.0. The number of rotatable bonds is 5. The maximum atomic E-state index is 11.6. The van der Waals surface area contributed by atoms with Gasteiger partial charge in [0.15, 0.2) is 0 Å². The highest BCUT2D eigenvalue weighted by Gasteiger charge is 2.22. The van der Waals surface area contributed by atoms with Crippen molar-refractivity contribution in [1.29, 1.82) is 0 Å². The minimum Gasteiger partial charge on any atom is -0.481 e. The molecule has 0 saturated carbocycles. The Hall–Kier alpha value is -1.06. The van der Waals surface area contributed by atoms with Crippen LogP contribution in [0, 0.1) is 5.92 Å². The summed E-state index contributed by atoms with van der Waals surface area (Å²) in [6, 6.07) is 0. The molecule has 92 valence electrons. The Kier molecular flexibility index (Phi) is 5.29. The van der Waals surface area contributed by atoms with Crippen LogP contribution in [0.2, 0.25) is 0 Å². The third-order valence-corrected chi connectivity index (χ3v) is 3.22. The Morgan fingerprint density at radius 2 is 1.88 bits per heavy atom. The minimum absolute atomic E-state index is 0.00246. The van der Waals surface area contributed by atoms with Gasteiger partial charge in [-0.3, -0.25) is 9.59 Å². The first-order chi connectivity index (χ1) is 7.63. The lowest BCUT2D eigenvalue weighted by Crippen LogP contribution is -2.38. The maximum Gasteiger partial charge on any atom is 0.303 e. The van der Waals surface area contributed by atoms with Gasteiger partial charge in [0.1, 0.15) is 0 Å². The van der Waals surface area contributed by atoms with E-state index in [2.05, 4.69) is 6.92 Å². The molecular formula is C12H21NO3. The molecule has 1 amide bonds. The molecule has 0 aliphatic carbocycles. The second kappa shape index (κ2) is 6.51. The molecule has 1 aliphatic heterocycles. The van der Waals surface area contributed by atoms with Crippen LogP contribution in [0.1, 0.15) is 45.4 Å². The summed E-state index contributed by atoms with van der Waals surface area (Å²) in [5.41, 5.74) is 0. The van der Waals surface area contributed by atoms with Gasteiger partial charge < -0.3 is 10.0 Å². The first-order valence-electron chi connectivity index (χ1n) is 6.13. The largest absolute Gasteiger partial charge is 0.481 e. The van der Waals surface area contributed by atoms with Crippen LogP contribution in [-0.2, 0) is 9.59 Å². The standard InChI is InChI=1S/C12H21NO3/c1-2-3-10-6-8-13(9-7-10)11(14)4-5-12(15)16/h10H,2-9H2,1H3,(H,15,16). The molecular weight excluding hydrogens is 206 g/mol. The van der Waals surface area contributed by atoms with Gasteiger partial charge in [-0.25, -0.2) is 0 Å². The van der Waals surface area contributed by atoms with E-state index in [1.807, 2.05) is 4.90 Å². The number of piperidine rings is 1. The summed E-state index contributed by atoms with van der Waals surface area (Å²) in [5, 5.41) is 8.50. The molecule has 0 atom stereocenters. The molecule has 1 N–H and O–H groups in total. The van der Waals surface area contributed by atoms with Crippen LogP contribution in [0.3, 0.4) is 0 Å². The summed E-state index contributed by atoms with van der Waals surface area (Å²) in [5.74, 6) is -0.139. The van der Waals surface area contributed by atoms with E-state index in [9.17, 15) is 9.59 Å². The Morgan fingerprint density at radius 3 is 2.38 bits per heavy atom. The molecule has 0 unspecified atom stereocenters. The fraction of sp³-hybridized carbons (Fsp3) is 0.833. The third-order valence-electron chi connectivity index (χ3n) is 3.22. The average Bonchev–Trinajstić information content (AvgIpc) is 2.27. The molecule has 0 aromatic rings. The van der Waals surface area contributed by atoms with E-state index < -0.39 is 5.97 Å². The van der Waals surface area contributed by atoms with Gasteiger partial charge in [-0.1, -0.05) is 19.8 Å². The molecule has 1 fully saturated rings. The zero-order valence-electron chi connectivity index (χ0n) is 9.95. The molecule has 1 aliphatic rings. The molecule has 1 saturated heterocycles. The van der Waals surface area contributed by atoms with Gasteiger partial charge in [0.25, 0.3) is 0 Å². The molecule has 4 heteroatoms. The normalized spacial score (nSPS) is 17.4. The number of carbonyl (C=O) groups excluding carboxylic acids is 1. The minimum atomic E-state index is -0.894. The molecule has 1 rings (SSSR count). The summed E-state index contributed by atoms with van der Waals surface area (Å²) >= 11 is 0. The van der Waals surface area contributed by atoms with E-state index in [0.717, 1.165) is 31.8 Å². The molecule has 0 aromatic heterocycles. The molecule has 0 bridgehead atoms. The number of carboxylic acids is 1. The number of nitrogens with zero attached hydrogens (tertiary/aromatic N) is 1. The number of amides is 1. The van der Waals surface area contributed by atoms with Crippen LogP contribution in [-0.4, -0.2) is 35.0 Å². The lowest BCUT2D eigenvalue weighted by molar-refractivity contribution is -0.141. The fourth-order valence-electron chi connectivity index (χ4n) is 2.25. The number of carbonyl (C=O) groups is 2. The van der Waals surface area contributed by atoms with Crippen LogP contribution in [0.4, 0.5) is 0 Å². The zero-order chi connectivity index (χ0) is 12.0. The molecule has 0 spiro atoms. The summed E-state index contributed by atoms with van der Waals surface area (Å²) in [7, 11) is 0. The van der Waals surface area contributed by atoms with Crippen LogP contribution in [0.25, 0.3) is 0 Å². The van der Waals surface area contributed by atoms with Gasteiger partial charge >= 0.3 is 5.97 Å². The van der Waals surface area contributed by atoms with E-state index in [-0.39, 0.29) is 18.7 Å². The van der Waals surface area contributed by atoms with Gasteiger partial charge in [-0.15, -0.1) is 0 Å². The van der Waals surface area contributed by atoms with Crippen molar-refractivity contribution in [3.8, 4) is 0 Å². The second-order valence-electron chi connectivity index (χ2n) is 4.51. The molecule has 0 radical (unpaired) electrons. The number of likely N-dealkylation sites (tertiary alicyclic amines) is 1. The number of hydrogen-bond acceptors (Lipinski definition) is 2. The first-order valence-corrected chi connectivity index (χ1v) is 6.13. The van der Waals surface area contributed by atoms with Crippen molar-refractivity contribution in [1.82, 2.24) is 4.90 Å². The highest BCUT2D eigenvalue weighted by Crippen LogP contribution is 2.22. The monoisotopic (exact) mass is 227 g/mol. The van der Waals surface area contributed by atoms with Gasteiger partial charge in [0.05, 0.1) is 6.42 Å². The van der Waals surface area contributed by atoms with Gasteiger partial charge in [-0.05, 0) is 18.8 Å². The lowest BCUT2D eigenvalue weighted by atomic mass is 9.92. The molecule has 0 aromatic carbocycles. The van der Waals surface area contributed by atoms with Gasteiger partial charge in [0, 0.05) is 19.5 Å². The Morgan fingerprint density at radius 1 is 1.25 bits per heavy atom. The van der Waals surface area contributed by atoms with Crippen molar-refractivity contribution in [2.75, 3.05) is 13.1 Å². The molecule has 16 heavy (non-hydrogen) atoms. The lowest BCUT2D eigenvalue weighted by Gasteiger charge is -2.31. The smallest absolute Gasteiger partial charge is 0.303 e. The number of carboxylic acid groups (broad SMARTS) is 1. The van der Waals surface area contributed by atoms with Crippen molar-refractivity contribution in [3.05, 3.63) is 0 Å². The highest BCUT2D eigenvalue weighted by atomic mass is 16.4. The molecule has 1 heterocycles.